The Balaban J connectivity index is 2.13. The van der Waals surface area contributed by atoms with Crippen LogP contribution in [0.4, 0.5) is 11.4 Å². The van der Waals surface area contributed by atoms with Gasteiger partial charge in [-0.1, -0.05) is 0 Å². The molecule has 1 aliphatic heterocycles. The topological polar surface area (TPSA) is 96.3 Å². The lowest BCUT2D eigenvalue weighted by molar-refractivity contribution is -0.384. The van der Waals surface area contributed by atoms with E-state index in [0.29, 0.717) is 23.7 Å². The number of nitro benzene ring substituents is 1. The summed E-state index contributed by atoms with van der Waals surface area (Å²) in [5.41, 5.74) is 0.812. The first-order chi connectivity index (χ1) is 10.1. The third-order valence-corrected chi connectivity index (χ3v) is 3.72. The van der Waals surface area contributed by atoms with Crippen molar-refractivity contribution in [3.05, 3.63) is 33.9 Å². The zero-order valence-electron chi connectivity index (χ0n) is 12.0. The van der Waals surface area contributed by atoms with Gasteiger partial charge in [-0.15, -0.1) is 0 Å². The van der Waals surface area contributed by atoms with E-state index in [1.54, 1.807) is 0 Å². The molecule has 3 N–H and O–H groups in total. The standard InChI is InChI=1S/C14H20N4O3/c1-15-14(19)11-2-3-13(18(20)21)12(8-11)17-9-10-4-6-16-7-5-10/h2-3,8,10,16-17H,4-7,9H2,1H3,(H,15,19). The number of nitrogens with zero attached hydrogens (tertiary/aromatic N) is 1. The molecule has 0 unspecified atom stereocenters. The number of amides is 1. The number of piperidine rings is 1. The molecule has 1 fully saturated rings. The van der Waals surface area contributed by atoms with Crippen LogP contribution in [0.1, 0.15) is 23.2 Å². The van der Waals surface area contributed by atoms with Crippen LogP contribution in [0.2, 0.25) is 0 Å². The molecule has 0 atom stereocenters. The predicted molar refractivity (Wildman–Crippen MR) is 80.6 cm³/mol. The molecule has 114 valence electrons. The van der Waals surface area contributed by atoms with Crippen molar-refractivity contribution in [1.29, 1.82) is 0 Å². The molecule has 21 heavy (non-hydrogen) atoms. The number of carbonyl (C=O) groups is 1. The van der Waals surface area contributed by atoms with Gasteiger partial charge in [0, 0.05) is 25.2 Å². The Morgan fingerprint density at radius 1 is 1.43 bits per heavy atom. The molecule has 1 amide bonds. The van der Waals surface area contributed by atoms with E-state index in [-0.39, 0.29) is 11.6 Å². The Kier molecular flexibility index (Phi) is 5.10. The van der Waals surface area contributed by atoms with Crippen LogP contribution in [-0.4, -0.2) is 37.5 Å². The zero-order valence-corrected chi connectivity index (χ0v) is 12.0. The summed E-state index contributed by atoms with van der Waals surface area (Å²) >= 11 is 0. The highest BCUT2D eigenvalue weighted by atomic mass is 16.6. The second-order valence-corrected chi connectivity index (χ2v) is 5.14. The van der Waals surface area contributed by atoms with Crippen LogP contribution in [-0.2, 0) is 0 Å². The summed E-state index contributed by atoms with van der Waals surface area (Å²) < 4.78 is 0. The maximum absolute atomic E-state index is 11.6. The highest BCUT2D eigenvalue weighted by Gasteiger charge is 2.18. The van der Waals surface area contributed by atoms with Gasteiger partial charge in [-0.2, -0.15) is 0 Å². The lowest BCUT2D eigenvalue weighted by Crippen LogP contribution is -2.31. The second kappa shape index (κ2) is 7.03. The summed E-state index contributed by atoms with van der Waals surface area (Å²) in [6.45, 7) is 2.64. The summed E-state index contributed by atoms with van der Waals surface area (Å²) in [6.07, 6.45) is 2.10. The lowest BCUT2D eigenvalue weighted by atomic mass is 9.98. The van der Waals surface area contributed by atoms with Gasteiger partial charge in [-0.3, -0.25) is 14.9 Å². The average molecular weight is 292 g/mol. The Morgan fingerprint density at radius 3 is 2.76 bits per heavy atom. The zero-order chi connectivity index (χ0) is 15.2. The molecule has 0 aliphatic carbocycles. The van der Waals surface area contributed by atoms with Gasteiger partial charge < -0.3 is 16.0 Å². The first-order valence-electron chi connectivity index (χ1n) is 7.07. The van der Waals surface area contributed by atoms with Gasteiger partial charge in [-0.05, 0) is 44.0 Å². The molecule has 1 aromatic carbocycles. The van der Waals surface area contributed by atoms with Crippen LogP contribution in [0.15, 0.2) is 18.2 Å². The van der Waals surface area contributed by atoms with Crippen molar-refractivity contribution < 1.29 is 9.72 Å². The summed E-state index contributed by atoms with van der Waals surface area (Å²) in [5.74, 6) is 0.240. The van der Waals surface area contributed by atoms with Gasteiger partial charge in [0.05, 0.1) is 4.92 Å². The van der Waals surface area contributed by atoms with Crippen molar-refractivity contribution in [3.8, 4) is 0 Å². The molecule has 0 saturated carbocycles. The van der Waals surface area contributed by atoms with E-state index < -0.39 is 4.92 Å². The quantitative estimate of drug-likeness (QED) is 0.562. The Labute approximate surface area is 123 Å². The van der Waals surface area contributed by atoms with E-state index in [0.717, 1.165) is 25.9 Å². The fourth-order valence-electron chi connectivity index (χ4n) is 2.46. The summed E-state index contributed by atoms with van der Waals surface area (Å²) in [5, 5.41) is 20.0. The molecule has 7 nitrogen and oxygen atoms in total. The number of carbonyl (C=O) groups excluding carboxylic acids is 1. The molecule has 0 spiro atoms. The molecule has 2 rings (SSSR count). The molecule has 7 heteroatoms. The third kappa shape index (κ3) is 3.91. The van der Waals surface area contributed by atoms with Crippen LogP contribution in [0, 0.1) is 16.0 Å². The SMILES string of the molecule is CNC(=O)c1ccc([N+](=O)[O-])c(NCC2CCNCC2)c1. The highest BCUT2D eigenvalue weighted by Crippen LogP contribution is 2.26. The van der Waals surface area contributed by atoms with E-state index in [2.05, 4.69) is 16.0 Å². The fraction of sp³-hybridized carbons (Fsp3) is 0.500. The van der Waals surface area contributed by atoms with Gasteiger partial charge in [0.25, 0.3) is 11.6 Å². The number of anilines is 1. The predicted octanol–water partition coefficient (Wildman–Crippen LogP) is 1.37. The van der Waals surface area contributed by atoms with Gasteiger partial charge in [-0.25, -0.2) is 0 Å². The van der Waals surface area contributed by atoms with E-state index in [9.17, 15) is 14.9 Å². The number of nitro groups is 1. The van der Waals surface area contributed by atoms with Crippen LogP contribution in [0.25, 0.3) is 0 Å². The van der Waals surface area contributed by atoms with E-state index in [1.165, 1.54) is 25.2 Å². The molecule has 0 aromatic heterocycles. The fourth-order valence-corrected chi connectivity index (χ4v) is 2.46. The van der Waals surface area contributed by atoms with E-state index in [1.807, 2.05) is 0 Å². The van der Waals surface area contributed by atoms with Crippen molar-refractivity contribution in [2.45, 2.75) is 12.8 Å². The van der Waals surface area contributed by atoms with Crippen molar-refractivity contribution in [2.75, 3.05) is 32.0 Å². The molecule has 0 bridgehead atoms. The average Bonchev–Trinajstić information content (AvgIpc) is 2.52. The molecule has 1 aliphatic rings. The number of nitrogens with one attached hydrogen (secondary N) is 3. The van der Waals surface area contributed by atoms with Crippen LogP contribution >= 0.6 is 0 Å². The van der Waals surface area contributed by atoms with Crippen LogP contribution in [0.5, 0.6) is 0 Å². The summed E-state index contributed by atoms with van der Waals surface area (Å²) in [7, 11) is 1.53. The van der Waals surface area contributed by atoms with E-state index in [4.69, 9.17) is 0 Å². The Morgan fingerprint density at radius 2 is 2.14 bits per heavy atom. The minimum atomic E-state index is -0.432. The maximum atomic E-state index is 11.6. The van der Waals surface area contributed by atoms with Gasteiger partial charge in [0.1, 0.15) is 5.69 Å². The van der Waals surface area contributed by atoms with Crippen LogP contribution in [0.3, 0.4) is 0 Å². The monoisotopic (exact) mass is 292 g/mol. The number of rotatable bonds is 5. The first kappa shape index (κ1) is 15.2. The largest absolute Gasteiger partial charge is 0.379 e. The normalized spacial score (nSPS) is 15.5. The smallest absolute Gasteiger partial charge is 0.292 e. The van der Waals surface area contributed by atoms with Gasteiger partial charge in [0.2, 0.25) is 0 Å². The van der Waals surface area contributed by atoms with Crippen molar-refractivity contribution in [3.63, 3.8) is 0 Å². The molecule has 0 radical (unpaired) electrons. The molecular weight excluding hydrogens is 272 g/mol. The highest BCUT2D eigenvalue weighted by molar-refractivity contribution is 5.95. The maximum Gasteiger partial charge on any atom is 0.292 e. The molecule has 1 heterocycles. The van der Waals surface area contributed by atoms with Gasteiger partial charge in [0.15, 0.2) is 0 Å². The second-order valence-electron chi connectivity index (χ2n) is 5.14. The van der Waals surface area contributed by atoms with Crippen molar-refractivity contribution >= 4 is 17.3 Å². The lowest BCUT2D eigenvalue weighted by Gasteiger charge is -2.23. The minimum absolute atomic E-state index is 0.00316. The Bertz CT molecular complexity index is 527. The summed E-state index contributed by atoms with van der Waals surface area (Å²) in [6, 6.07) is 4.38. The Hall–Kier alpha value is -2.15. The first-order valence-corrected chi connectivity index (χ1v) is 7.07. The number of hydrogen-bond donors (Lipinski definition) is 3. The molecule has 1 saturated heterocycles. The van der Waals surface area contributed by atoms with Gasteiger partial charge >= 0.3 is 0 Å². The van der Waals surface area contributed by atoms with Crippen LogP contribution < -0.4 is 16.0 Å². The van der Waals surface area contributed by atoms with Crippen molar-refractivity contribution in [2.24, 2.45) is 5.92 Å². The number of benzene rings is 1. The van der Waals surface area contributed by atoms with Crippen molar-refractivity contribution in [1.82, 2.24) is 10.6 Å². The minimum Gasteiger partial charge on any atom is -0.379 e. The molecule has 1 aromatic rings. The summed E-state index contributed by atoms with van der Waals surface area (Å²) in [4.78, 5) is 22.3. The van der Waals surface area contributed by atoms with E-state index >= 15 is 0 Å². The molecular formula is C14H20N4O3. The third-order valence-electron chi connectivity index (χ3n) is 3.72. The number of hydrogen-bond acceptors (Lipinski definition) is 5.